The first kappa shape index (κ1) is 14.9. The summed E-state index contributed by atoms with van der Waals surface area (Å²) >= 11 is 0. The fraction of sp³-hybridized carbons (Fsp3) is 0.389. The standard InChI is InChI=1S/C18H21N5O/c1-13-18(15-4-2-3-5-16(15)21-13)7-10-23(11-8-18)17(24)19-12-14-6-9-20-22-14/h2-6,9H,7-8,10-12H2,1H3,(H,19,24)(H,20,22). The quantitative estimate of drug-likeness (QED) is 0.892. The molecule has 2 aromatic rings. The maximum Gasteiger partial charge on any atom is 0.317 e. The Bertz CT molecular complexity index is 772. The van der Waals surface area contributed by atoms with Crippen LogP contribution in [0.15, 0.2) is 41.5 Å². The number of amides is 2. The highest BCUT2D eigenvalue weighted by Gasteiger charge is 2.44. The third-order valence-electron chi connectivity index (χ3n) is 5.29. The van der Waals surface area contributed by atoms with Gasteiger partial charge < -0.3 is 10.2 Å². The predicted molar refractivity (Wildman–Crippen MR) is 92.5 cm³/mol. The maximum atomic E-state index is 12.4. The van der Waals surface area contributed by atoms with Crippen molar-refractivity contribution in [3.8, 4) is 0 Å². The van der Waals surface area contributed by atoms with E-state index in [0.29, 0.717) is 6.54 Å². The van der Waals surface area contributed by atoms with Crippen molar-refractivity contribution in [2.45, 2.75) is 31.7 Å². The highest BCUT2D eigenvalue weighted by atomic mass is 16.2. The molecule has 0 unspecified atom stereocenters. The second kappa shape index (κ2) is 5.78. The molecule has 0 saturated carbocycles. The summed E-state index contributed by atoms with van der Waals surface area (Å²) < 4.78 is 0. The number of aromatic nitrogens is 2. The van der Waals surface area contributed by atoms with Crippen molar-refractivity contribution < 1.29 is 4.79 Å². The molecule has 3 heterocycles. The van der Waals surface area contributed by atoms with Crippen LogP contribution in [0.25, 0.3) is 0 Å². The van der Waals surface area contributed by atoms with Crippen LogP contribution in [0.4, 0.5) is 10.5 Å². The van der Waals surface area contributed by atoms with Crippen molar-refractivity contribution in [2.24, 2.45) is 4.99 Å². The van der Waals surface area contributed by atoms with Gasteiger partial charge in [0.1, 0.15) is 0 Å². The van der Waals surface area contributed by atoms with Gasteiger partial charge in [0.15, 0.2) is 0 Å². The van der Waals surface area contributed by atoms with E-state index in [-0.39, 0.29) is 11.4 Å². The number of nitrogens with one attached hydrogen (secondary N) is 2. The molecule has 2 aliphatic heterocycles. The van der Waals surface area contributed by atoms with Crippen LogP contribution in [0.2, 0.25) is 0 Å². The Morgan fingerprint density at radius 2 is 2.08 bits per heavy atom. The summed E-state index contributed by atoms with van der Waals surface area (Å²) in [6.07, 6.45) is 3.54. The lowest BCUT2D eigenvalue weighted by Crippen LogP contribution is -2.50. The zero-order chi connectivity index (χ0) is 16.6. The first-order chi connectivity index (χ1) is 11.7. The van der Waals surface area contributed by atoms with Gasteiger partial charge in [0.2, 0.25) is 0 Å². The molecule has 1 aromatic carbocycles. The van der Waals surface area contributed by atoms with Gasteiger partial charge in [0.05, 0.1) is 17.9 Å². The summed E-state index contributed by atoms with van der Waals surface area (Å²) in [5.41, 5.74) is 4.51. The van der Waals surface area contributed by atoms with Crippen molar-refractivity contribution in [1.82, 2.24) is 20.4 Å². The molecule has 1 saturated heterocycles. The van der Waals surface area contributed by atoms with E-state index in [1.165, 1.54) is 11.3 Å². The Hall–Kier alpha value is -2.63. The van der Waals surface area contributed by atoms with Crippen LogP contribution in [-0.4, -0.2) is 39.9 Å². The average molecular weight is 323 g/mol. The van der Waals surface area contributed by atoms with E-state index in [0.717, 1.165) is 37.3 Å². The molecule has 4 rings (SSSR count). The largest absolute Gasteiger partial charge is 0.332 e. The van der Waals surface area contributed by atoms with E-state index in [1.54, 1.807) is 6.20 Å². The molecule has 0 bridgehead atoms. The maximum absolute atomic E-state index is 12.4. The lowest BCUT2D eigenvalue weighted by molar-refractivity contribution is 0.173. The summed E-state index contributed by atoms with van der Waals surface area (Å²) in [4.78, 5) is 19.0. The normalized spacial score (nSPS) is 18.4. The van der Waals surface area contributed by atoms with Crippen LogP contribution < -0.4 is 5.32 Å². The first-order valence-electron chi connectivity index (χ1n) is 8.35. The molecule has 0 aliphatic carbocycles. The third-order valence-corrected chi connectivity index (χ3v) is 5.29. The molecule has 124 valence electrons. The lowest BCUT2D eigenvalue weighted by atomic mass is 9.71. The first-order valence-corrected chi connectivity index (χ1v) is 8.35. The number of aromatic amines is 1. The highest BCUT2D eigenvalue weighted by molar-refractivity contribution is 6.00. The number of rotatable bonds is 2. The number of nitrogens with zero attached hydrogens (tertiary/aromatic N) is 3. The summed E-state index contributed by atoms with van der Waals surface area (Å²) in [5.74, 6) is 0. The van der Waals surface area contributed by atoms with Crippen LogP contribution in [0.3, 0.4) is 0 Å². The van der Waals surface area contributed by atoms with Crippen molar-refractivity contribution in [3.05, 3.63) is 47.8 Å². The number of fused-ring (bicyclic) bond motifs is 2. The van der Waals surface area contributed by atoms with Gasteiger partial charge in [0.25, 0.3) is 0 Å². The van der Waals surface area contributed by atoms with Crippen molar-refractivity contribution in [3.63, 3.8) is 0 Å². The summed E-state index contributed by atoms with van der Waals surface area (Å²) in [6, 6.07) is 10.2. The van der Waals surface area contributed by atoms with Gasteiger partial charge in [-0.3, -0.25) is 10.1 Å². The molecule has 6 heteroatoms. The van der Waals surface area contributed by atoms with Gasteiger partial charge in [-0.05, 0) is 37.5 Å². The SMILES string of the molecule is CC1=Nc2ccccc2C12CCN(C(=O)NCc1ccn[nH]1)CC2. The van der Waals surface area contributed by atoms with Gasteiger partial charge >= 0.3 is 6.03 Å². The van der Waals surface area contributed by atoms with E-state index in [1.807, 2.05) is 17.0 Å². The molecule has 2 aliphatic rings. The second-order valence-corrected chi connectivity index (χ2v) is 6.52. The zero-order valence-corrected chi connectivity index (χ0v) is 13.7. The van der Waals surface area contributed by atoms with E-state index < -0.39 is 0 Å². The minimum atomic E-state index is -0.0136. The van der Waals surface area contributed by atoms with Crippen molar-refractivity contribution in [2.75, 3.05) is 13.1 Å². The number of H-pyrrole nitrogens is 1. The van der Waals surface area contributed by atoms with E-state index in [9.17, 15) is 4.79 Å². The number of likely N-dealkylation sites (tertiary alicyclic amines) is 1. The fourth-order valence-corrected chi connectivity index (χ4v) is 3.85. The Kier molecular flexibility index (Phi) is 3.59. The fourth-order valence-electron chi connectivity index (χ4n) is 3.85. The zero-order valence-electron chi connectivity index (χ0n) is 13.7. The van der Waals surface area contributed by atoms with E-state index in [4.69, 9.17) is 4.99 Å². The topological polar surface area (TPSA) is 73.4 Å². The second-order valence-electron chi connectivity index (χ2n) is 6.52. The number of carbonyl (C=O) groups is 1. The number of aliphatic imine (C=N–C) groups is 1. The smallest absolute Gasteiger partial charge is 0.317 e. The number of carbonyl (C=O) groups excluding carboxylic acids is 1. The number of hydrogen-bond acceptors (Lipinski definition) is 3. The summed E-state index contributed by atoms with van der Waals surface area (Å²) in [7, 11) is 0. The van der Waals surface area contributed by atoms with Crippen LogP contribution in [0.5, 0.6) is 0 Å². The van der Waals surface area contributed by atoms with Gasteiger partial charge in [-0.2, -0.15) is 5.10 Å². The Morgan fingerprint density at radius 1 is 1.29 bits per heavy atom. The lowest BCUT2D eigenvalue weighted by Gasteiger charge is -2.40. The Balaban J connectivity index is 1.42. The molecule has 0 radical (unpaired) electrons. The minimum absolute atomic E-state index is 0.0107. The molecule has 0 atom stereocenters. The Labute approximate surface area is 141 Å². The Morgan fingerprint density at radius 3 is 2.83 bits per heavy atom. The van der Waals surface area contributed by atoms with Crippen LogP contribution in [0, 0.1) is 0 Å². The molecular formula is C18H21N5O. The molecular weight excluding hydrogens is 302 g/mol. The minimum Gasteiger partial charge on any atom is -0.332 e. The van der Waals surface area contributed by atoms with Crippen LogP contribution in [0.1, 0.15) is 31.0 Å². The highest BCUT2D eigenvalue weighted by Crippen LogP contribution is 2.46. The predicted octanol–water partition coefficient (Wildman–Crippen LogP) is 2.76. The number of benzene rings is 1. The monoisotopic (exact) mass is 323 g/mol. The summed E-state index contributed by atoms with van der Waals surface area (Å²) in [6.45, 7) is 4.09. The molecule has 24 heavy (non-hydrogen) atoms. The van der Waals surface area contributed by atoms with Gasteiger partial charge in [-0.1, -0.05) is 18.2 Å². The molecule has 1 spiro atoms. The number of piperidine rings is 1. The molecule has 1 fully saturated rings. The van der Waals surface area contributed by atoms with E-state index >= 15 is 0 Å². The number of para-hydroxylation sites is 1. The average Bonchev–Trinajstić information content (AvgIpc) is 3.21. The summed E-state index contributed by atoms with van der Waals surface area (Å²) in [5, 5.41) is 9.69. The van der Waals surface area contributed by atoms with Gasteiger partial charge in [-0.25, -0.2) is 4.79 Å². The van der Waals surface area contributed by atoms with Crippen LogP contribution >= 0.6 is 0 Å². The van der Waals surface area contributed by atoms with Crippen molar-refractivity contribution in [1.29, 1.82) is 0 Å². The number of urea groups is 1. The van der Waals surface area contributed by atoms with E-state index in [2.05, 4.69) is 40.6 Å². The molecule has 2 amide bonds. The molecule has 2 N–H and O–H groups in total. The molecule has 1 aromatic heterocycles. The van der Waals surface area contributed by atoms with Crippen molar-refractivity contribution >= 4 is 17.4 Å². The van der Waals surface area contributed by atoms with Crippen LogP contribution in [-0.2, 0) is 12.0 Å². The van der Waals surface area contributed by atoms with Gasteiger partial charge in [-0.15, -0.1) is 0 Å². The van der Waals surface area contributed by atoms with Gasteiger partial charge in [0, 0.05) is 30.4 Å². The molecule has 6 nitrogen and oxygen atoms in total. The number of hydrogen-bond donors (Lipinski definition) is 2. The third kappa shape index (κ3) is 2.38.